The van der Waals surface area contributed by atoms with Crippen LogP contribution in [0.5, 0.6) is 0 Å². The summed E-state index contributed by atoms with van der Waals surface area (Å²) in [6, 6.07) is 22.2. The third-order valence-electron chi connectivity index (χ3n) is 8.60. The first kappa shape index (κ1) is 21.2. The van der Waals surface area contributed by atoms with Crippen molar-refractivity contribution in [3.8, 4) is 0 Å². The minimum atomic E-state index is -0.134. The minimum absolute atomic E-state index is 0.134. The van der Waals surface area contributed by atoms with Crippen LogP contribution < -0.4 is 0 Å². The van der Waals surface area contributed by atoms with Crippen LogP contribution in [-0.2, 0) is 4.74 Å². The van der Waals surface area contributed by atoms with Crippen molar-refractivity contribution < 1.29 is 4.74 Å². The Balaban J connectivity index is 1.51. The van der Waals surface area contributed by atoms with E-state index in [1.165, 1.54) is 93.3 Å². The Hall–Kier alpha value is -2.32. The summed E-state index contributed by atoms with van der Waals surface area (Å²) in [7, 11) is 0. The Morgan fingerprint density at radius 1 is 0.788 bits per heavy atom. The van der Waals surface area contributed by atoms with Crippen LogP contribution in [0.2, 0.25) is 0 Å². The quantitative estimate of drug-likeness (QED) is 0.486. The highest BCUT2D eigenvalue weighted by molar-refractivity contribution is 5.60. The number of rotatable bonds is 3. The maximum absolute atomic E-state index is 7.40. The van der Waals surface area contributed by atoms with E-state index in [9.17, 15) is 0 Å². The van der Waals surface area contributed by atoms with E-state index < -0.39 is 0 Å². The molecular weight excluding hydrogens is 402 g/mol. The molecule has 1 saturated carbocycles. The van der Waals surface area contributed by atoms with Gasteiger partial charge in [-0.05, 0) is 73.3 Å². The van der Waals surface area contributed by atoms with Gasteiger partial charge in [0.15, 0.2) is 5.72 Å². The number of hydrogen-bond acceptors (Lipinski definition) is 2. The molecule has 172 valence electrons. The van der Waals surface area contributed by atoms with Crippen LogP contribution in [0.15, 0.2) is 77.6 Å². The highest BCUT2D eigenvalue weighted by Crippen LogP contribution is 2.57. The fourth-order valence-electron chi connectivity index (χ4n) is 7.17. The van der Waals surface area contributed by atoms with E-state index in [1.807, 2.05) is 0 Å². The van der Waals surface area contributed by atoms with Gasteiger partial charge in [-0.3, -0.25) is 4.90 Å². The van der Waals surface area contributed by atoms with E-state index in [0.29, 0.717) is 11.8 Å². The third-order valence-corrected chi connectivity index (χ3v) is 8.60. The lowest BCUT2D eigenvalue weighted by molar-refractivity contribution is -0.202. The van der Waals surface area contributed by atoms with E-state index >= 15 is 0 Å². The molecule has 2 aromatic carbocycles. The summed E-state index contributed by atoms with van der Waals surface area (Å²) in [6.07, 6.45) is 15.0. The summed E-state index contributed by atoms with van der Waals surface area (Å²) in [5.41, 5.74) is 5.66. The van der Waals surface area contributed by atoms with E-state index in [4.69, 9.17) is 4.74 Å². The Morgan fingerprint density at radius 3 is 2.33 bits per heavy atom. The zero-order chi connectivity index (χ0) is 22.1. The molecule has 0 N–H and O–H groups in total. The van der Waals surface area contributed by atoms with Gasteiger partial charge in [-0.25, -0.2) is 0 Å². The standard InChI is InChI=1S/C31H37NO/c1-4-13-24(14-5-1)23-26-17-12-18-27-29(25-15-6-2-7-16-25)28-19-8-9-20-31(28,33-30(26)27)32-21-10-3-11-22-32/h1-2,4-7,13-16,23,28-29H,3,8-12,17-22H2/t28-,29+,31-/m1/s1. The van der Waals surface area contributed by atoms with Gasteiger partial charge in [-0.2, -0.15) is 0 Å². The molecule has 0 bridgehead atoms. The molecule has 2 nitrogen and oxygen atoms in total. The van der Waals surface area contributed by atoms with Crippen LogP contribution in [-0.4, -0.2) is 23.7 Å². The van der Waals surface area contributed by atoms with Gasteiger partial charge in [0.2, 0.25) is 0 Å². The highest BCUT2D eigenvalue weighted by atomic mass is 16.5. The normalized spacial score (nSPS) is 31.6. The summed E-state index contributed by atoms with van der Waals surface area (Å²) in [4.78, 5) is 2.77. The average molecular weight is 440 g/mol. The topological polar surface area (TPSA) is 12.5 Å². The smallest absolute Gasteiger partial charge is 0.167 e. The van der Waals surface area contributed by atoms with Gasteiger partial charge in [-0.15, -0.1) is 0 Å². The van der Waals surface area contributed by atoms with Gasteiger partial charge in [0, 0.05) is 31.3 Å². The SMILES string of the molecule is C(=C1CCCC2=C1O[C@]1(N3CCCCC3)CCCC[C@@H]1[C@H]2c1ccccc1)c1ccccc1. The molecule has 2 fully saturated rings. The number of fused-ring (bicyclic) bond motifs is 1. The number of nitrogens with zero attached hydrogens (tertiary/aromatic N) is 1. The molecule has 0 amide bonds. The predicted molar refractivity (Wildman–Crippen MR) is 136 cm³/mol. The van der Waals surface area contributed by atoms with Crippen molar-refractivity contribution in [3.05, 3.63) is 88.7 Å². The number of allylic oxidation sites excluding steroid dienone is 2. The Kier molecular flexibility index (Phi) is 5.88. The molecule has 3 atom stereocenters. The van der Waals surface area contributed by atoms with Crippen LogP contribution in [0.3, 0.4) is 0 Å². The summed E-state index contributed by atoms with van der Waals surface area (Å²) in [6.45, 7) is 2.39. The van der Waals surface area contributed by atoms with Gasteiger partial charge >= 0.3 is 0 Å². The molecule has 0 unspecified atom stereocenters. The lowest BCUT2D eigenvalue weighted by atomic mass is 9.64. The second-order valence-electron chi connectivity index (χ2n) is 10.5. The van der Waals surface area contributed by atoms with Crippen LogP contribution >= 0.6 is 0 Å². The molecule has 0 aromatic heterocycles. The first-order valence-corrected chi connectivity index (χ1v) is 13.3. The van der Waals surface area contributed by atoms with Crippen molar-refractivity contribution in [1.29, 1.82) is 0 Å². The highest BCUT2D eigenvalue weighted by Gasteiger charge is 2.55. The zero-order valence-corrected chi connectivity index (χ0v) is 19.8. The number of hydrogen-bond donors (Lipinski definition) is 0. The maximum Gasteiger partial charge on any atom is 0.167 e. The van der Waals surface area contributed by atoms with E-state index in [0.717, 1.165) is 6.42 Å². The van der Waals surface area contributed by atoms with Crippen molar-refractivity contribution >= 4 is 6.08 Å². The van der Waals surface area contributed by atoms with Gasteiger partial charge in [0.25, 0.3) is 0 Å². The van der Waals surface area contributed by atoms with Crippen LogP contribution in [0.4, 0.5) is 0 Å². The number of ether oxygens (including phenoxy) is 1. The lowest BCUT2D eigenvalue weighted by Crippen LogP contribution is -2.61. The van der Waals surface area contributed by atoms with E-state index in [-0.39, 0.29) is 5.72 Å². The molecule has 1 saturated heterocycles. The van der Waals surface area contributed by atoms with Gasteiger partial charge in [0.05, 0.1) is 0 Å². The molecule has 4 aliphatic rings. The first-order valence-electron chi connectivity index (χ1n) is 13.3. The van der Waals surface area contributed by atoms with Crippen LogP contribution in [0.1, 0.15) is 81.3 Å². The van der Waals surface area contributed by atoms with Gasteiger partial charge in [-0.1, -0.05) is 73.5 Å². The van der Waals surface area contributed by atoms with Gasteiger partial charge < -0.3 is 4.74 Å². The summed E-state index contributed by atoms with van der Waals surface area (Å²) < 4.78 is 7.40. The largest absolute Gasteiger partial charge is 0.472 e. The predicted octanol–water partition coefficient (Wildman–Crippen LogP) is 7.69. The van der Waals surface area contributed by atoms with E-state index in [2.05, 4.69) is 71.6 Å². The second-order valence-corrected chi connectivity index (χ2v) is 10.5. The van der Waals surface area contributed by atoms with Crippen LogP contribution in [0.25, 0.3) is 6.08 Å². The first-order chi connectivity index (χ1) is 16.4. The number of benzene rings is 2. The second kappa shape index (κ2) is 9.14. The summed E-state index contributed by atoms with van der Waals surface area (Å²) in [5, 5.41) is 0. The maximum atomic E-state index is 7.40. The number of likely N-dealkylation sites (tertiary alicyclic amines) is 1. The fraction of sp³-hybridized carbons (Fsp3) is 0.484. The van der Waals surface area contributed by atoms with E-state index in [1.54, 1.807) is 5.57 Å². The lowest BCUT2D eigenvalue weighted by Gasteiger charge is -2.58. The summed E-state index contributed by atoms with van der Waals surface area (Å²) >= 11 is 0. The monoisotopic (exact) mass is 439 g/mol. The molecule has 33 heavy (non-hydrogen) atoms. The fourth-order valence-corrected chi connectivity index (χ4v) is 7.17. The van der Waals surface area contributed by atoms with Crippen molar-refractivity contribution in [2.45, 2.75) is 75.9 Å². The molecule has 6 rings (SSSR count). The number of piperidine rings is 1. The van der Waals surface area contributed by atoms with Crippen molar-refractivity contribution in [2.24, 2.45) is 5.92 Å². The molecule has 2 heteroatoms. The third kappa shape index (κ3) is 3.87. The zero-order valence-electron chi connectivity index (χ0n) is 19.8. The molecule has 0 radical (unpaired) electrons. The molecule has 2 aliphatic heterocycles. The van der Waals surface area contributed by atoms with Gasteiger partial charge in [0.1, 0.15) is 5.76 Å². The Morgan fingerprint density at radius 2 is 1.55 bits per heavy atom. The summed E-state index contributed by atoms with van der Waals surface area (Å²) in [5.74, 6) is 2.29. The van der Waals surface area contributed by atoms with Crippen molar-refractivity contribution in [2.75, 3.05) is 13.1 Å². The Bertz CT molecular complexity index is 1020. The molecule has 2 aliphatic carbocycles. The van der Waals surface area contributed by atoms with Crippen LogP contribution in [0, 0.1) is 5.92 Å². The molecule has 0 spiro atoms. The molecular formula is C31H37NO. The Labute approximate surface area is 199 Å². The molecule has 2 heterocycles. The molecule has 2 aromatic rings. The van der Waals surface area contributed by atoms with Crippen molar-refractivity contribution in [3.63, 3.8) is 0 Å². The average Bonchev–Trinajstić information content (AvgIpc) is 2.89. The van der Waals surface area contributed by atoms with Crippen molar-refractivity contribution in [1.82, 2.24) is 4.90 Å². The minimum Gasteiger partial charge on any atom is -0.472 e.